The zero-order chi connectivity index (χ0) is 24.7. The summed E-state index contributed by atoms with van der Waals surface area (Å²) >= 11 is 0. The second kappa shape index (κ2) is 9.40. The van der Waals surface area contributed by atoms with Crippen molar-refractivity contribution in [2.45, 2.75) is 57.9 Å². The van der Waals surface area contributed by atoms with Crippen molar-refractivity contribution in [1.82, 2.24) is 4.90 Å². The van der Waals surface area contributed by atoms with Gasteiger partial charge in [0.1, 0.15) is 17.2 Å². The predicted molar refractivity (Wildman–Crippen MR) is 137 cm³/mol. The molecule has 188 valence electrons. The van der Waals surface area contributed by atoms with Crippen molar-refractivity contribution < 1.29 is 19.0 Å². The second-order valence-electron chi connectivity index (χ2n) is 11.4. The summed E-state index contributed by atoms with van der Waals surface area (Å²) in [7, 11) is 4.97. The van der Waals surface area contributed by atoms with Crippen molar-refractivity contribution in [3.8, 4) is 17.2 Å². The summed E-state index contributed by atoms with van der Waals surface area (Å²) in [5.41, 5.74) is 1.26. The number of methoxy groups -OCH3 is 3. The van der Waals surface area contributed by atoms with Crippen LogP contribution in [-0.4, -0.2) is 44.7 Å². The summed E-state index contributed by atoms with van der Waals surface area (Å²) in [5.74, 6) is 4.24. The van der Waals surface area contributed by atoms with E-state index in [1.807, 2.05) is 30.3 Å². The quantitative estimate of drug-likeness (QED) is 0.498. The fourth-order valence-corrected chi connectivity index (χ4v) is 7.43. The van der Waals surface area contributed by atoms with Gasteiger partial charge in [0.15, 0.2) is 0 Å². The Hall–Kier alpha value is -2.69. The first-order valence-corrected chi connectivity index (χ1v) is 13.0. The Morgan fingerprint density at radius 3 is 1.97 bits per heavy atom. The van der Waals surface area contributed by atoms with E-state index in [4.69, 9.17) is 14.2 Å². The molecule has 2 heterocycles. The molecule has 3 unspecified atom stereocenters. The van der Waals surface area contributed by atoms with Gasteiger partial charge in [-0.1, -0.05) is 44.2 Å². The number of benzene rings is 2. The fourth-order valence-electron chi connectivity index (χ4n) is 7.43. The minimum absolute atomic E-state index is 0.240. The van der Waals surface area contributed by atoms with Gasteiger partial charge in [-0.05, 0) is 55.4 Å². The molecule has 2 aliphatic carbocycles. The van der Waals surface area contributed by atoms with Crippen LogP contribution < -0.4 is 14.2 Å². The summed E-state index contributed by atoms with van der Waals surface area (Å²) in [4.78, 5) is 16.8. The number of carbonyl (C=O) groups excluding carboxylic acids is 1. The molecule has 2 aliphatic heterocycles. The summed E-state index contributed by atoms with van der Waals surface area (Å²) in [6.07, 6.45) is 6.28. The Morgan fingerprint density at radius 1 is 0.857 bits per heavy atom. The van der Waals surface area contributed by atoms with E-state index in [0.29, 0.717) is 29.2 Å². The lowest BCUT2D eigenvalue weighted by molar-refractivity contribution is -0.144. The molecule has 5 heteroatoms. The van der Waals surface area contributed by atoms with Gasteiger partial charge in [-0.2, -0.15) is 0 Å². The lowest BCUT2D eigenvalue weighted by Gasteiger charge is -2.43. The first kappa shape index (κ1) is 24.0. The van der Waals surface area contributed by atoms with Gasteiger partial charge in [0.05, 0.1) is 26.7 Å². The molecule has 5 nitrogen and oxygen atoms in total. The molecule has 2 aromatic carbocycles. The number of fused-ring (bicyclic) bond motifs is 1. The highest BCUT2D eigenvalue weighted by Crippen LogP contribution is 2.53. The summed E-state index contributed by atoms with van der Waals surface area (Å²) < 4.78 is 17.3. The zero-order valence-electron chi connectivity index (χ0n) is 21.8. The van der Waals surface area contributed by atoms with E-state index in [1.54, 1.807) is 21.3 Å². The molecule has 0 spiro atoms. The number of amides is 1. The molecule has 4 bridgehead atoms. The number of rotatable bonds is 7. The normalized spacial score (nSPS) is 26.3. The average Bonchev–Trinajstić information content (AvgIpc) is 3.06. The zero-order valence-corrected chi connectivity index (χ0v) is 21.8. The molecule has 4 fully saturated rings. The number of hydrogen-bond acceptors (Lipinski definition) is 4. The van der Waals surface area contributed by atoms with Crippen LogP contribution in [0.3, 0.4) is 0 Å². The summed E-state index contributed by atoms with van der Waals surface area (Å²) in [6, 6.07) is 14.5. The van der Waals surface area contributed by atoms with Crippen molar-refractivity contribution >= 4 is 5.91 Å². The van der Waals surface area contributed by atoms with Gasteiger partial charge in [0.2, 0.25) is 5.91 Å². The number of ether oxygens (including phenoxy) is 3. The lowest BCUT2D eigenvalue weighted by atomic mass is 9.68. The summed E-state index contributed by atoms with van der Waals surface area (Å²) in [5, 5.41) is 0. The van der Waals surface area contributed by atoms with Gasteiger partial charge in [-0.25, -0.2) is 0 Å². The molecule has 0 aromatic heterocycles. The topological polar surface area (TPSA) is 48.0 Å². The van der Waals surface area contributed by atoms with Crippen LogP contribution >= 0.6 is 0 Å². The van der Waals surface area contributed by atoms with Crippen molar-refractivity contribution in [1.29, 1.82) is 0 Å². The van der Waals surface area contributed by atoms with Gasteiger partial charge in [0.25, 0.3) is 0 Å². The van der Waals surface area contributed by atoms with E-state index in [-0.39, 0.29) is 11.8 Å². The highest BCUT2D eigenvalue weighted by molar-refractivity contribution is 5.85. The molecule has 2 aromatic rings. The van der Waals surface area contributed by atoms with Crippen LogP contribution in [0.15, 0.2) is 42.5 Å². The molecule has 6 rings (SSSR count). The SMILES string of the molecule is COc1cc(OC)c(C(c2ccccc2)C(C)(C)C(=O)N2CC3CC4CC(C3)CC2C4)c(OC)c1. The monoisotopic (exact) mass is 477 g/mol. The highest BCUT2D eigenvalue weighted by Gasteiger charge is 2.49. The third kappa shape index (κ3) is 4.28. The highest BCUT2D eigenvalue weighted by atomic mass is 16.5. The lowest BCUT2D eigenvalue weighted by Crippen LogP contribution is -2.50. The van der Waals surface area contributed by atoms with Gasteiger partial charge >= 0.3 is 0 Å². The smallest absolute Gasteiger partial charge is 0.229 e. The van der Waals surface area contributed by atoms with E-state index in [0.717, 1.165) is 29.5 Å². The van der Waals surface area contributed by atoms with Crippen LogP contribution in [-0.2, 0) is 4.79 Å². The molecule has 3 atom stereocenters. The van der Waals surface area contributed by atoms with Crippen molar-refractivity contribution in [3.63, 3.8) is 0 Å². The Kier molecular flexibility index (Phi) is 6.45. The minimum atomic E-state index is -0.710. The molecule has 1 amide bonds. The van der Waals surface area contributed by atoms with E-state index in [2.05, 4.69) is 30.9 Å². The molecule has 4 aliphatic rings. The molecule has 2 saturated carbocycles. The largest absolute Gasteiger partial charge is 0.496 e. The van der Waals surface area contributed by atoms with E-state index < -0.39 is 5.41 Å². The first-order chi connectivity index (χ1) is 16.8. The standard InChI is InChI=1S/C30H39NO4/c1-30(2,29(32)31-18-21-12-19-11-20(13-21)15-23(31)14-19)28(22-9-7-6-8-10-22)27-25(34-4)16-24(33-3)17-26(27)35-5/h6-10,16-17,19-21,23,28H,11-15,18H2,1-5H3. The fraction of sp³-hybridized carbons (Fsp3) is 0.567. The third-order valence-electron chi connectivity index (χ3n) is 8.81. The van der Waals surface area contributed by atoms with Gasteiger partial charge in [0, 0.05) is 36.2 Å². The minimum Gasteiger partial charge on any atom is -0.496 e. The van der Waals surface area contributed by atoms with Crippen LogP contribution in [0.1, 0.15) is 63.0 Å². The third-order valence-corrected chi connectivity index (χ3v) is 8.81. The molecule has 2 saturated heterocycles. The van der Waals surface area contributed by atoms with E-state index in [1.165, 1.54) is 32.1 Å². The number of hydrogen-bond donors (Lipinski definition) is 0. The Bertz CT molecular complexity index is 1030. The van der Waals surface area contributed by atoms with Crippen molar-refractivity contribution in [2.75, 3.05) is 27.9 Å². The van der Waals surface area contributed by atoms with Crippen LogP contribution in [0.5, 0.6) is 17.2 Å². The van der Waals surface area contributed by atoms with Gasteiger partial charge in [-0.3, -0.25) is 4.79 Å². The molecular formula is C30H39NO4. The molecule has 0 N–H and O–H groups in total. The Balaban J connectivity index is 1.61. The Morgan fingerprint density at radius 2 is 1.43 bits per heavy atom. The maximum atomic E-state index is 14.6. The van der Waals surface area contributed by atoms with E-state index >= 15 is 0 Å². The maximum Gasteiger partial charge on any atom is 0.229 e. The second-order valence-corrected chi connectivity index (χ2v) is 11.4. The molecule has 35 heavy (non-hydrogen) atoms. The van der Waals surface area contributed by atoms with E-state index in [9.17, 15) is 4.79 Å². The first-order valence-electron chi connectivity index (χ1n) is 13.0. The Labute approximate surface area is 209 Å². The number of carbonyl (C=O) groups is 1. The van der Waals surface area contributed by atoms with Crippen LogP contribution in [0.2, 0.25) is 0 Å². The predicted octanol–water partition coefficient (Wildman–Crippen LogP) is 5.91. The van der Waals surface area contributed by atoms with Crippen LogP contribution in [0.4, 0.5) is 0 Å². The van der Waals surface area contributed by atoms with Crippen molar-refractivity contribution in [2.24, 2.45) is 23.2 Å². The molecular weight excluding hydrogens is 438 g/mol. The van der Waals surface area contributed by atoms with Gasteiger partial charge in [-0.15, -0.1) is 0 Å². The van der Waals surface area contributed by atoms with Crippen molar-refractivity contribution in [3.05, 3.63) is 53.6 Å². The summed E-state index contributed by atoms with van der Waals surface area (Å²) in [6.45, 7) is 5.11. The average molecular weight is 478 g/mol. The van der Waals surface area contributed by atoms with Crippen LogP contribution in [0, 0.1) is 23.2 Å². The maximum absolute atomic E-state index is 14.6. The van der Waals surface area contributed by atoms with Gasteiger partial charge < -0.3 is 19.1 Å². The molecule has 0 radical (unpaired) electrons. The van der Waals surface area contributed by atoms with Crippen LogP contribution in [0.25, 0.3) is 0 Å². The number of nitrogens with zero attached hydrogens (tertiary/aromatic N) is 1.